The van der Waals surface area contributed by atoms with Crippen molar-refractivity contribution in [3.63, 3.8) is 0 Å². The van der Waals surface area contributed by atoms with Gasteiger partial charge in [0.25, 0.3) is 10.0 Å². The van der Waals surface area contributed by atoms with Crippen molar-refractivity contribution in [2.24, 2.45) is 0 Å². The zero-order chi connectivity index (χ0) is 16.2. The van der Waals surface area contributed by atoms with Crippen LogP contribution in [0.15, 0.2) is 53.4 Å². The van der Waals surface area contributed by atoms with E-state index in [4.69, 9.17) is 9.47 Å². The van der Waals surface area contributed by atoms with Crippen LogP contribution in [0, 0.1) is 6.92 Å². The molecule has 0 unspecified atom stereocenters. The molecular weight excluding hydrogens is 306 g/mol. The van der Waals surface area contributed by atoms with Crippen LogP contribution in [0.1, 0.15) is 5.56 Å². The molecule has 2 aromatic rings. The van der Waals surface area contributed by atoms with Gasteiger partial charge in [-0.3, -0.25) is 0 Å². The Hall–Kier alpha value is -2.54. The third-order valence-electron chi connectivity index (χ3n) is 2.82. The fourth-order valence-corrected chi connectivity index (χ4v) is 2.53. The lowest BCUT2D eigenvalue weighted by molar-refractivity contribution is 0.206. The average Bonchev–Trinajstić information content (AvgIpc) is 2.48. The van der Waals surface area contributed by atoms with Gasteiger partial charge in [-0.1, -0.05) is 17.7 Å². The van der Waals surface area contributed by atoms with Crippen LogP contribution in [0.2, 0.25) is 0 Å². The van der Waals surface area contributed by atoms with E-state index >= 15 is 0 Å². The maximum Gasteiger partial charge on any atom is 0.426 e. The summed E-state index contributed by atoms with van der Waals surface area (Å²) in [6.07, 6.45) is -1.08. The molecule has 7 heteroatoms. The van der Waals surface area contributed by atoms with Crippen molar-refractivity contribution in [2.75, 3.05) is 7.11 Å². The molecule has 0 aliphatic rings. The zero-order valence-electron chi connectivity index (χ0n) is 12.1. The number of carbonyl (C=O) groups is 1. The van der Waals surface area contributed by atoms with Crippen LogP contribution >= 0.6 is 0 Å². The van der Waals surface area contributed by atoms with Crippen LogP contribution in [0.3, 0.4) is 0 Å². The second-order valence-electron chi connectivity index (χ2n) is 4.48. The lowest BCUT2D eigenvalue weighted by Crippen LogP contribution is -2.33. The largest absolute Gasteiger partial charge is 0.497 e. The third kappa shape index (κ3) is 3.98. The van der Waals surface area contributed by atoms with Gasteiger partial charge >= 0.3 is 6.09 Å². The van der Waals surface area contributed by atoms with Crippen LogP contribution in [-0.2, 0) is 10.0 Å². The third-order valence-corrected chi connectivity index (χ3v) is 4.15. The van der Waals surface area contributed by atoms with Crippen molar-refractivity contribution >= 4 is 16.1 Å². The molecule has 0 atom stereocenters. The first-order valence-electron chi connectivity index (χ1n) is 6.36. The van der Waals surface area contributed by atoms with E-state index in [2.05, 4.69) is 0 Å². The van der Waals surface area contributed by atoms with Gasteiger partial charge < -0.3 is 9.47 Å². The number of hydrogen-bond acceptors (Lipinski definition) is 5. The van der Waals surface area contributed by atoms with E-state index < -0.39 is 16.1 Å². The van der Waals surface area contributed by atoms with E-state index in [1.807, 2.05) is 11.6 Å². The molecule has 1 N–H and O–H groups in total. The lowest BCUT2D eigenvalue weighted by Gasteiger charge is -2.08. The van der Waals surface area contributed by atoms with Gasteiger partial charge in [0.2, 0.25) is 0 Å². The van der Waals surface area contributed by atoms with Crippen LogP contribution in [0.4, 0.5) is 4.79 Å². The lowest BCUT2D eigenvalue weighted by atomic mass is 10.2. The molecule has 0 saturated carbocycles. The molecule has 6 nitrogen and oxygen atoms in total. The molecule has 1 amide bonds. The van der Waals surface area contributed by atoms with Crippen molar-refractivity contribution in [1.82, 2.24) is 4.72 Å². The predicted octanol–water partition coefficient (Wildman–Crippen LogP) is 2.48. The zero-order valence-corrected chi connectivity index (χ0v) is 12.9. The summed E-state index contributed by atoms with van der Waals surface area (Å²) in [6.45, 7) is 1.84. The number of nitrogens with one attached hydrogen (secondary N) is 1. The molecule has 0 saturated heterocycles. The van der Waals surface area contributed by atoms with Gasteiger partial charge in [0.1, 0.15) is 11.5 Å². The number of hydrogen-bond donors (Lipinski definition) is 1. The monoisotopic (exact) mass is 321 g/mol. The summed E-state index contributed by atoms with van der Waals surface area (Å²) in [5.41, 5.74) is 0.916. The van der Waals surface area contributed by atoms with Crippen LogP contribution < -0.4 is 14.2 Å². The quantitative estimate of drug-likeness (QED) is 0.935. The normalized spacial score (nSPS) is 10.8. The highest BCUT2D eigenvalue weighted by Gasteiger charge is 2.18. The Balaban J connectivity index is 2.05. The molecule has 116 valence electrons. The summed E-state index contributed by atoms with van der Waals surface area (Å²) in [4.78, 5) is 11.7. The number of amides is 1. The van der Waals surface area contributed by atoms with E-state index in [9.17, 15) is 13.2 Å². The summed E-state index contributed by atoms with van der Waals surface area (Å²) >= 11 is 0. The van der Waals surface area contributed by atoms with Crippen molar-refractivity contribution < 1.29 is 22.7 Å². The minimum Gasteiger partial charge on any atom is -0.497 e. The highest BCUT2D eigenvalue weighted by Crippen LogP contribution is 2.17. The Morgan fingerprint density at radius 3 is 2.05 bits per heavy atom. The Labute approximate surface area is 128 Å². The van der Waals surface area contributed by atoms with Gasteiger partial charge in [-0.2, -0.15) is 0 Å². The number of carbonyl (C=O) groups excluding carboxylic acids is 1. The number of aryl methyl sites for hydroxylation is 1. The summed E-state index contributed by atoms with van der Waals surface area (Å²) in [5.74, 6) is 0.803. The molecule has 0 aromatic heterocycles. The van der Waals surface area contributed by atoms with Gasteiger partial charge in [-0.05, 0) is 43.3 Å². The Bertz CT molecular complexity index is 752. The number of rotatable bonds is 4. The van der Waals surface area contributed by atoms with E-state index in [0.29, 0.717) is 5.75 Å². The summed E-state index contributed by atoms with van der Waals surface area (Å²) in [6, 6.07) is 12.3. The van der Waals surface area contributed by atoms with Gasteiger partial charge in [0.05, 0.1) is 12.0 Å². The molecule has 0 heterocycles. The first kappa shape index (κ1) is 15.8. The predicted molar refractivity (Wildman–Crippen MR) is 80.5 cm³/mol. The summed E-state index contributed by atoms with van der Waals surface area (Å²) in [7, 11) is -2.45. The van der Waals surface area contributed by atoms with E-state index in [1.165, 1.54) is 31.4 Å². The minimum absolute atomic E-state index is 0.00946. The van der Waals surface area contributed by atoms with Gasteiger partial charge in [-0.15, -0.1) is 0 Å². The standard InChI is InChI=1S/C15H15NO5S/c1-11-3-9-14(10-4-11)22(18,19)16-15(17)21-13-7-5-12(20-2)6-8-13/h3-10H,1-2H3,(H,16,17). The van der Waals surface area contributed by atoms with Crippen LogP contribution in [-0.4, -0.2) is 21.6 Å². The highest BCUT2D eigenvalue weighted by atomic mass is 32.2. The minimum atomic E-state index is -3.96. The smallest absolute Gasteiger partial charge is 0.426 e. The maximum atomic E-state index is 12.0. The van der Waals surface area contributed by atoms with E-state index in [1.54, 1.807) is 24.3 Å². The summed E-state index contributed by atoms with van der Waals surface area (Å²) < 4.78 is 35.8. The highest BCUT2D eigenvalue weighted by molar-refractivity contribution is 7.90. The molecule has 0 spiro atoms. The molecule has 2 rings (SSSR count). The number of methoxy groups -OCH3 is 1. The first-order chi connectivity index (χ1) is 10.4. The maximum absolute atomic E-state index is 12.0. The molecule has 2 aromatic carbocycles. The Morgan fingerprint density at radius 2 is 1.50 bits per heavy atom. The van der Waals surface area contributed by atoms with E-state index in [-0.39, 0.29) is 10.6 Å². The van der Waals surface area contributed by atoms with Crippen molar-refractivity contribution in [1.29, 1.82) is 0 Å². The fraction of sp³-hybridized carbons (Fsp3) is 0.133. The fourth-order valence-electron chi connectivity index (χ4n) is 1.66. The number of sulfonamides is 1. The number of benzene rings is 2. The Kier molecular flexibility index (Phi) is 4.67. The van der Waals surface area contributed by atoms with E-state index in [0.717, 1.165) is 5.56 Å². The van der Waals surface area contributed by atoms with Gasteiger partial charge in [0.15, 0.2) is 0 Å². The van der Waals surface area contributed by atoms with Gasteiger partial charge in [-0.25, -0.2) is 17.9 Å². The van der Waals surface area contributed by atoms with Gasteiger partial charge in [0, 0.05) is 0 Å². The molecule has 22 heavy (non-hydrogen) atoms. The molecule has 0 radical (unpaired) electrons. The topological polar surface area (TPSA) is 81.7 Å². The van der Waals surface area contributed by atoms with Crippen molar-refractivity contribution in [3.05, 3.63) is 54.1 Å². The molecule has 0 aliphatic carbocycles. The van der Waals surface area contributed by atoms with Crippen LogP contribution in [0.25, 0.3) is 0 Å². The second kappa shape index (κ2) is 6.48. The Morgan fingerprint density at radius 1 is 0.955 bits per heavy atom. The second-order valence-corrected chi connectivity index (χ2v) is 6.17. The first-order valence-corrected chi connectivity index (χ1v) is 7.84. The molecule has 0 bridgehead atoms. The number of ether oxygens (including phenoxy) is 2. The van der Waals surface area contributed by atoms with Crippen molar-refractivity contribution in [2.45, 2.75) is 11.8 Å². The SMILES string of the molecule is COc1ccc(OC(=O)NS(=O)(=O)c2ccc(C)cc2)cc1. The molecule has 0 fully saturated rings. The molecule has 0 aliphatic heterocycles. The van der Waals surface area contributed by atoms with Crippen LogP contribution in [0.5, 0.6) is 11.5 Å². The molecular formula is C15H15NO5S. The van der Waals surface area contributed by atoms with Crippen molar-refractivity contribution in [3.8, 4) is 11.5 Å². The average molecular weight is 321 g/mol. The summed E-state index contributed by atoms with van der Waals surface area (Å²) in [5, 5.41) is 0.